The van der Waals surface area contributed by atoms with Crippen molar-refractivity contribution in [1.82, 2.24) is 0 Å². The molecule has 0 unspecified atom stereocenters. The van der Waals surface area contributed by atoms with Crippen LogP contribution in [0.4, 0.5) is 0 Å². The molecular formula is C9H2Br2O2Se. The second-order valence-corrected chi connectivity index (χ2v) is 5.34. The third kappa shape index (κ3) is 1.10. The van der Waals surface area contributed by atoms with Crippen LogP contribution in [0, 0.1) is 0 Å². The molecule has 5 heteroatoms. The summed E-state index contributed by atoms with van der Waals surface area (Å²) in [5, 5.41) is 0. The van der Waals surface area contributed by atoms with E-state index in [2.05, 4.69) is 47.4 Å². The van der Waals surface area contributed by atoms with Crippen molar-refractivity contribution in [2.24, 2.45) is 0 Å². The Labute approximate surface area is 104 Å². The molecule has 0 saturated carbocycles. The van der Waals surface area contributed by atoms with Crippen LogP contribution in [0.2, 0.25) is 0 Å². The van der Waals surface area contributed by atoms with Crippen LogP contribution >= 0.6 is 31.9 Å². The Morgan fingerprint density at radius 3 is 1.79 bits per heavy atom. The van der Waals surface area contributed by atoms with Gasteiger partial charge in [0.25, 0.3) is 0 Å². The van der Waals surface area contributed by atoms with Crippen LogP contribution in [0.5, 0.6) is 0 Å². The van der Waals surface area contributed by atoms with Gasteiger partial charge in [0, 0.05) is 0 Å². The van der Waals surface area contributed by atoms with Crippen molar-refractivity contribution in [3.8, 4) is 11.5 Å². The summed E-state index contributed by atoms with van der Waals surface area (Å²) in [6.45, 7) is 0. The van der Waals surface area contributed by atoms with Gasteiger partial charge in [-0.1, -0.05) is 0 Å². The van der Waals surface area contributed by atoms with Crippen molar-refractivity contribution in [2.75, 3.05) is 0 Å². The van der Waals surface area contributed by atoms with E-state index in [0.717, 1.165) is 27.1 Å². The molecule has 2 aromatic heterocycles. The van der Waals surface area contributed by atoms with Crippen molar-refractivity contribution in [3.05, 3.63) is 32.6 Å². The van der Waals surface area contributed by atoms with Crippen molar-refractivity contribution in [3.63, 3.8) is 0 Å². The zero-order valence-corrected chi connectivity index (χ0v) is 11.5. The van der Waals surface area contributed by atoms with Crippen LogP contribution in [0.25, 0.3) is 11.5 Å². The summed E-state index contributed by atoms with van der Waals surface area (Å²) in [6, 6.07) is 3.87. The van der Waals surface area contributed by atoms with Gasteiger partial charge in [-0.3, -0.25) is 0 Å². The van der Waals surface area contributed by atoms with Gasteiger partial charge in [0.1, 0.15) is 0 Å². The van der Waals surface area contributed by atoms with Gasteiger partial charge in [-0.05, 0) is 0 Å². The molecule has 2 heterocycles. The molecule has 0 spiro atoms. The third-order valence-electron chi connectivity index (χ3n) is 2.10. The van der Waals surface area contributed by atoms with Crippen LogP contribution < -0.4 is 0 Å². The van der Waals surface area contributed by atoms with Crippen molar-refractivity contribution < 1.29 is 8.83 Å². The molecule has 0 amide bonds. The summed E-state index contributed by atoms with van der Waals surface area (Å²) in [5.41, 5.74) is 2.11. The molecule has 0 atom stereocenters. The van der Waals surface area contributed by atoms with E-state index in [1.165, 1.54) is 0 Å². The molecule has 2 aromatic rings. The fraction of sp³-hybridized carbons (Fsp3) is 0. The van der Waals surface area contributed by atoms with Gasteiger partial charge in [0.15, 0.2) is 0 Å². The molecule has 0 aromatic carbocycles. The number of halogens is 2. The number of hydrogen-bond donors (Lipinski definition) is 0. The first kappa shape index (κ1) is 9.16. The summed E-state index contributed by atoms with van der Waals surface area (Å²) in [6.07, 6.45) is 0. The quantitative estimate of drug-likeness (QED) is 0.560. The Bertz CT molecular complexity index is 505. The van der Waals surface area contributed by atoms with E-state index in [1.807, 2.05) is 12.1 Å². The summed E-state index contributed by atoms with van der Waals surface area (Å²) < 4.78 is 13.5. The predicted octanol–water partition coefficient (Wildman–Crippen LogP) is 3.12. The first-order valence-electron chi connectivity index (χ1n) is 3.80. The van der Waals surface area contributed by atoms with Gasteiger partial charge in [-0.2, -0.15) is 0 Å². The molecule has 14 heavy (non-hydrogen) atoms. The minimum atomic E-state index is 0.716. The second kappa shape index (κ2) is 2.95. The van der Waals surface area contributed by atoms with E-state index < -0.39 is 0 Å². The molecule has 0 aliphatic heterocycles. The second-order valence-electron chi connectivity index (χ2n) is 2.92. The zero-order valence-electron chi connectivity index (χ0n) is 6.64. The van der Waals surface area contributed by atoms with Crippen LogP contribution in [-0.2, 0) is 0 Å². The minimum absolute atomic E-state index is 0.716. The molecule has 2 nitrogen and oxygen atoms in total. The van der Waals surface area contributed by atoms with E-state index in [-0.39, 0.29) is 0 Å². The molecule has 3 rings (SSSR count). The summed E-state index contributed by atoms with van der Waals surface area (Å²) in [5.74, 6) is 1.57. The van der Waals surface area contributed by atoms with E-state index >= 15 is 0 Å². The van der Waals surface area contributed by atoms with Gasteiger partial charge in [0.2, 0.25) is 0 Å². The topological polar surface area (TPSA) is 26.3 Å². The number of fused-ring (bicyclic) bond motifs is 3. The van der Waals surface area contributed by atoms with Gasteiger partial charge in [-0.15, -0.1) is 0 Å². The molecule has 0 radical (unpaired) electrons. The van der Waals surface area contributed by atoms with Crippen molar-refractivity contribution in [1.29, 1.82) is 0 Å². The van der Waals surface area contributed by atoms with E-state index in [9.17, 15) is 0 Å². The molecule has 0 fully saturated rings. The molecule has 1 aliphatic rings. The third-order valence-corrected chi connectivity index (χ3v) is 3.80. The molecule has 1 aliphatic carbocycles. The first-order valence-corrected chi connectivity index (χ1v) is 6.25. The average molecular weight is 381 g/mol. The summed E-state index contributed by atoms with van der Waals surface area (Å²) in [7, 11) is 0. The molecule has 0 N–H and O–H groups in total. The van der Waals surface area contributed by atoms with Gasteiger partial charge in [-0.25, -0.2) is 0 Å². The van der Waals surface area contributed by atoms with Gasteiger partial charge >= 0.3 is 105 Å². The Morgan fingerprint density at radius 2 is 1.36 bits per heavy atom. The van der Waals surface area contributed by atoms with Crippen LogP contribution in [0.15, 0.2) is 30.3 Å². The van der Waals surface area contributed by atoms with Crippen molar-refractivity contribution in [2.45, 2.75) is 0 Å². The number of hydrogen-bond acceptors (Lipinski definition) is 2. The zero-order chi connectivity index (χ0) is 9.87. The normalized spacial score (nSPS) is 13.1. The molecule has 70 valence electrons. The summed E-state index contributed by atoms with van der Waals surface area (Å²) >= 11 is 9.63. The van der Waals surface area contributed by atoms with Crippen LogP contribution in [0.3, 0.4) is 0 Å². The van der Waals surface area contributed by atoms with E-state index in [4.69, 9.17) is 8.83 Å². The Morgan fingerprint density at radius 1 is 0.929 bits per heavy atom. The predicted molar refractivity (Wildman–Crippen MR) is 60.8 cm³/mol. The monoisotopic (exact) mass is 380 g/mol. The van der Waals surface area contributed by atoms with E-state index in [1.54, 1.807) is 0 Å². The Hall–Kier alpha value is -0.0905. The maximum absolute atomic E-state index is 5.50. The van der Waals surface area contributed by atoms with Gasteiger partial charge < -0.3 is 0 Å². The maximum atomic E-state index is 5.50. The average Bonchev–Trinajstić information content (AvgIpc) is 2.71. The van der Waals surface area contributed by atoms with Crippen molar-refractivity contribution >= 4 is 51.9 Å². The number of rotatable bonds is 0. The molecule has 0 bridgehead atoms. The Kier molecular flexibility index (Phi) is 1.93. The van der Waals surface area contributed by atoms with Gasteiger partial charge in [0.05, 0.1) is 0 Å². The fourth-order valence-electron chi connectivity index (χ4n) is 1.54. The number of furan rings is 2. The summed E-state index contributed by atoms with van der Waals surface area (Å²) in [4.78, 5) is 0. The van der Waals surface area contributed by atoms with Crippen LogP contribution in [0.1, 0.15) is 11.1 Å². The van der Waals surface area contributed by atoms with Crippen LogP contribution in [-0.4, -0.2) is 20.0 Å². The SMILES string of the molecule is [Se]=C1c2cc(Br)oc2-c2oc(Br)cc21. The standard InChI is InChI=1S/C9H2Br2O2Se/c10-5-1-3-7(12-5)8-4(9(3)14)2-6(11)13-8/h1-2H. The Balaban J connectivity index is 2.37. The first-order chi connectivity index (χ1) is 6.66. The van der Waals surface area contributed by atoms with E-state index in [0.29, 0.717) is 9.34 Å². The fourth-order valence-corrected chi connectivity index (χ4v) is 2.96. The molecule has 0 saturated heterocycles. The molecular weight excluding hydrogens is 379 g/mol.